The van der Waals surface area contributed by atoms with Crippen LogP contribution in [-0.4, -0.2) is 71.6 Å². The lowest BCUT2D eigenvalue weighted by Gasteiger charge is -2.34. The number of nitrogens with one attached hydrogen (secondary N) is 2. The first-order chi connectivity index (χ1) is 14.8. The van der Waals surface area contributed by atoms with Crippen LogP contribution in [0.25, 0.3) is 0 Å². The molecule has 0 spiro atoms. The van der Waals surface area contributed by atoms with E-state index in [0.717, 1.165) is 57.1 Å². The quantitative estimate of drug-likeness (QED) is 0.207. The van der Waals surface area contributed by atoms with E-state index in [9.17, 15) is 4.39 Å². The van der Waals surface area contributed by atoms with Gasteiger partial charge in [0.05, 0.1) is 25.8 Å². The van der Waals surface area contributed by atoms with Crippen molar-refractivity contribution in [1.29, 1.82) is 0 Å². The van der Waals surface area contributed by atoms with Gasteiger partial charge in [0.2, 0.25) is 0 Å². The van der Waals surface area contributed by atoms with Crippen molar-refractivity contribution >= 4 is 29.9 Å². The summed E-state index contributed by atoms with van der Waals surface area (Å²) in [5, 5.41) is 14.4. The fraction of sp³-hybridized carbons (Fsp3) is 0.571. The van der Waals surface area contributed by atoms with E-state index in [-0.39, 0.29) is 35.8 Å². The van der Waals surface area contributed by atoms with Crippen LogP contribution in [0.5, 0.6) is 0 Å². The molecule has 1 aromatic heterocycles. The third-order valence-corrected chi connectivity index (χ3v) is 5.11. The molecule has 1 fully saturated rings. The molecule has 2 heterocycles. The number of unbranched alkanes of at least 4 members (excludes halogenated alkanes) is 1. The number of aliphatic imine (C=N–C) groups is 1. The number of benzene rings is 1. The molecule has 0 radical (unpaired) electrons. The van der Waals surface area contributed by atoms with E-state index in [1.165, 1.54) is 12.1 Å². The SMILES string of the molecule is CCNC(=NCC(c1ccc(F)cc1)N1CCOCC1)NCCCCn1cnnc1.I. The number of hydrogen-bond donors (Lipinski definition) is 2. The average molecular weight is 545 g/mol. The van der Waals surface area contributed by atoms with E-state index in [1.807, 2.05) is 16.7 Å². The predicted molar refractivity (Wildman–Crippen MR) is 130 cm³/mol. The van der Waals surface area contributed by atoms with E-state index in [4.69, 9.17) is 9.73 Å². The topological polar surface area (TPSA) is 79.6 Å². The Labute approximate surface area is 200 Å². The van der Waals surface area contributed by atoms with Crippen LogP contribution in [0.1, 0.15) is 31.4 Å². The number of hydrogen-bond acceptors (Lipinski definition) is 5. The summed E-state index contributed by atoms with van der Waals surface area (Å²) in [5.74, 6) is 0.589. The van der Waals surface area contributed by atoms with Crippen LogP contribution in [0.15, 0.2) is 41.9 Å². The number of ether oxygens (including phenoxy) is 1. The summed E-state index contributed by atoms with van der Waals surface area (Å²) >= 11 is 0. The minimum absolute atomic E-state index is 0. The number of morpholine rings is 1. The van der Waals surface area contributed by atoms with Gasteiger partial charge in [-0.15, -0.1) is 34.2 Å². The smallest absolute Gasteiger partial charge is 0.191 e. The van der Waals surface area contributed by atoms with E-state index in [2.05, 4.69) is 32.7 Å². The minimum atomic E-state index is -0.218. The second kappa shape index (κ2) is 14.3. The molecule has 0 aliphatic carbocycles. The van der Waals surface area contributed by atoms with Gasteiger partial charge in [-0.3, -0.25) is 9.89 Å². The monoisotopic (exact) mass is 545 g/mol. The second-order valence-corrected chi connectivity index (χ2v) is 7.27. The van der Waals surface area contributed by atoms with E-state index in [0.29, 0.717) is 19.8 Å². The largest absolute Gasteiger partial charge is 0.379 e. The number of aromatic nitrogens is 3. The lowest BCUT2D eigenvalue weighted by atomic mass is 10.0. The fourth-order valence-electron chi connectivity index (χ4n) is 3.49. The van der Waals surface area contributed by atoms with Crippen LogP contribution >= 0.6 is 24.0 Å². The van der Waals surface area contributed by atoms with Gasteiger partial charge in [-0.1, -0.05) is 12.1 Å². The molecule has 8 nitrogen and oxygen atoms in total. The maximum atomic E-state index is 13.4. The Morgan fingerprint density at radius 1 is 1.13 bits per heavy atom. The normalized spacial score (nSPS) is 15.9. The van der Waals surface area contributed by atoms with E-state index < -0.39 is 0 Å². The highest BCUT2D eigenvalue weighted by Gasteiger charge is 2.22. The van der Waals surface area contributed by atoms with Crippen molar-refractivity contribution in [2.45, 2.75) is 32.4 Å². The summed E-state index contributed by atoms with van der Waals surface area (Å²) in [4.78, 5) is 7.19. The predicted octanol–water partition coefficient (Wildman–Crippen LogP) is 2.44. The van der Waals surface area contributed by atoms with Gasteiger partial charge in [-0.05, 0) is 37.5 Å². The summed E-state index contributed by atoms with van der Waals surface area (Å²) in [6.07, 6.45) is 5.53. The van der Waals surface area contributed by atoms with Gasteiger partial charge < -0.3 is 19.9 Å². The molecule has 3 rings (SSSR count). The first-order valence-corrected chi connectivity index (χ1v) is 10.7. The molecular weight excluding hydrogens is 512 g/mol. The Morgan fingerprint density at radius 3 is 2.52 bits per heavy atom. The maximum Gasteiger partial charge on any atom is 0.191 e. The van der Waals surface area contributed by atoms with Gasteiger partial charge in [0, 0.05) is 32.7 Å². The maximum absolute atomic E-state index is 13.4. The van der Waals surface area contributed by atoms with Crippen LogP contribution in [0.4, 0.5) is 4.39 Å². The molecule has 31 heavy (non-hydrogen) atoms. The first kappa shape index (κ1) is 25.5. The van der Waals surface area contributed by atoms with Crippen molar-refractivity contribution in [1.82, 2.24) is 30.3 Å². The summed E-state index contributed by atoms with van der Waals surface area (Å²) in [6, 6.07) is 6.85. The number of aryl methyl sites for hydroxylation is 1. The van der Waals surface area contributed by atoms with Crippen molar-refractivity contribution in [3.8, 4) is 0 Å². The van der Waals surface area contributed by atoms with Crippen molar-refractivity contribution in [3.63, 3.8) is 0 Å². The van der Waals surface area contributed by atoms with Crippen LogP contribution in [0.2, 0.25) is 0 Å². The van der Waals surface area contributed by atoms with Crippen molar-refractivity contribution in [2.24, 2.45) is 4.99 Å². The van der Waals surface area contributed by atoms with Crippen LogP contribution in [0.3, 0.4) is 0 Å². The van der Waals surface area contributed by atoms with E-state index in [1.54, 1.807) is 12.7 Å². The Kier molecular flexibility index (Phi) is 11.8. The number of halogens is 2. The molecule has 1 saturated heterocycles. The van der Waals surface area contributed by atoms with Crippen LogP contribution in [-0.2, 0) is 11.3 Å². The molecule has 1 aromatic carbocycles. The number of guanidine groups is 1. The van der Waals surface area contributed by atoms with E-state index >= 15 is 0 Å². The van der Waals surface area contributed by atoms with Crippen molar-refractivity contribution in [2.75, 3.05) is 45.9 Å². The molecule has 172 valence electrons. The standard InChI is InChI=1S/C21H32FN7O.HI/c1-2-23-21(24-9-3-4-10-28-16-26-27-17-28)25-15-20(29-11-13-30-14-12-29)18-5-7-19(22)8-6-18;/h5-8,16-17,20H,2-4,9-15H2,1H3,(H2,23,24,25);1H. The molecule has 1 aliphatic rings. The molecule has 1 aliphatic heterocycles. The van der Waals surface area contributed by atoms with Gasteiger partial charge >= 0.3 is 0 Å². The van der Waals surface area contributed by atoms with Gasteiger partial charge in [0.25, 0.3) is 0 Å². The zero-order valence-corrected chi connectivity index (χ0v) is 20.4. The fourth-order valence-corrected chi connectivity index (χ4v) is 3.49. The Hall–Kier alpha value is -1.79. The van der Waals surface area contributed by atoms with Gasteiger partial charge in [-0.25, -0.2) is 4.39 Å². The summed E-state index contributed by atoms with van der Waals surface area (Å²) in [5.41, 5.74) is 1.08. The highest BCUT2D eigenvalue weighted by Crippen LogP contribution is 2.22. The van der Waals surface area contributed by atoms with Gasteiger partial charge in [0.15, 0.2) is 5.96 Å². The lowest BCUT2D eigenvalue weighted by Crippen LogP contribution is -2.42. The Morgan fingerprint density at radius 2 is 1.84 bits per heavy atom. The Balaban J connectivity index is 0.00000341. The van der Waals surface area contributed by atoms with Gasteiger partial charge in [0.1, 0.15) is 18.5 Å². The summed E-state index contributed by atoms with van der Waals surface area (Å²) < 4.78 is 20.9. The molecule has 2 N–H and O–H groups in total. The van der Waals surface area contributed by atoms with Crippen LogP contribution in [0, 0.1) is 5.82 Å². The molecule has 1 atom stereocenters. The lowest BCUT2D eigenvalue weighted by molar-refractivity contribution is 0.0179. The highest BCUT2D eigenvalue weighted by molar-refractivity contribution is 14.0. The molecule has 0 amide bonds. The molecule has 1 unspecified atom stereocenters. The third kappa shape index (κ3) is 8.69. The summed E-state index contributed by atoms with van der Waals surface area (Å²) in [6.45, 7) is 8.34. The zero-order valence-electron chi connectivity index (χ0n) is 18.0. The highest BCUT2D eigenvalue weighted by atomic mass is 127. The third-order valence-electron chi connectivity index (χ3n) is 5.11. The Bertz CT molecular complexity index is 752. The molecule has 0 saturated carbocycles. The zero-order chi connectivity index (χ0) is 21.0. The molecule has 10 heteroatoms. The molecule has 2 aromatic rings. The average Bonchev–Trinajstić information content (AvgIpc) is 3.29. The van der Waals surface area contributed by atoms with Crippen molar-refractivity contribution in [3.05, 3.63) is 48.3 Å². The van der Waals surface area contributed by atoms with Gasteiger partial charge in [-0.2, -0.15) is 0 Å². The second-order valence-electron chi connectivity index (χ2n) is 7.27. The van der Waals surface area contributed by atoms with Crippen molar-refractivity contribution < 1.29 is 9.13 Å². The summed E-state index contributed by atoms with van der Waals surface area (Å²) in [7, 11) is 0. The molecule has 0 bridgehead atoms. The number of rotatable bonds is 10. The molecular formula is C21H33FIN7O. The minimum Gasteiger partial charge on any atom is -0.379 e. The first-order valence-electron chi connectivity index (χ1n) is 10.7. The van der Waals surface area contributed by atoms with Crippen LogP contribution < -0.4 is 10.6 Å². The number of nitrogens with zero attached hydrogens (tertiary/aromatic N) is 5.